The molecule has 1 aliphatic carbocycles. The number of carbonyl (C=O) groups is 1. The summed E-state index contributed by atoms with van der Waals surface area (Å²) in [5.74, 6) is 0.851. The third-order valence-corrected chi connectivity index (χ3v) is 4.87. The molecular formula is C14H22N2O2S. The number of hydrogen-bond donors (Lipinski definition) is 1. The molecule has 2 rings (SSSR count). The molecule has 2 atom stereocenters. The summed E-state index contributed by atoms with van der Waals surface area (Å²) in [5.41, 5.74) is 0. The van der Waals surface area contributed by atoms with Gasteiger partial charge in [-0.25, -0.2) is 0 Å². The molecule has 1 aliphatic rings. The largest absolute Gasteiger partial charge is 0.467 e. The van der Waals surface area contributed by atoms with Crippen molar-refractivity contribution in [1.82, 2.24) is 10.2 Å². The van der Waals surface area contributed by atoms with Gasteiger partial charge in [-0.05, 0) is 38.3 Å². The van der Waals surface area contributed by atoms with Crippen molar-refractivity contribution in [2.45, 2.75) is 37.1 Å². The number of carbonyl (C=O) groups excluding carboxylic acids is 1. The van der Waals surface area contributed by atoms with Crippen LogP contribution in [0, 0.1) is 0 Å². The second kappa shape index (κ2) is 7.01. The van der Waals surface area contributed by atoms with Gasteiger partial charge in [0.2, 0.25) is 5.91 Å². The highest BCUT2D eigenvalue weighted by Crippen LogP contribution is 2.31. The lowest BCUT2D eigenvalue weighted by molar-refractivity contribution is -0.122. The van der Waals surface area contributed by atoms with Gasteiger partial charge >= 0.3 is 0 Å². The zero-order chi connectivity index (χ0) is 13.7. The van der Waals surface area contributed by atoms with Crippen LogP contribution in [0.15, 0.2) is 22.8 Å². The first-order chi connectivity index (χ1) is 9.20. The molecule has 1 aromatic heterocycles. The van der Waals surface area contributed by atoms with Gasteiger partial charge in [0.1, 0.15) is 5.76 Å². The number of rotatable bonds is 6. The van der Waals surface area contributed by atoms with Gasteiger partial charge in [0, 0.05) is 11.3 Å². The van der Waals surface area contributed by atoms with Crippen molar-refractivity contribution in [3.05, 3.63) is 24.2 Å². The Hall–Kier alpha value is -0.940. The molecular weight excluding hydrogens is 260 g/mol. The topological polar surface area (TPSA) is 45.5 Å². The Bertz CT molecular complexity index is 394. The van der Waals surface area contributed by atoms with Crippen molar-refractivity contribution in [3.8, 4) is 0 Å². The molecule has 1 saturated carbocycles. The van der Waals surface area contributed by atoms with Crippen molar-refractivity contribution < 1.29 is 9.21 Å². The molecule has 1 N–H and O–H groups in total. The average molecular weight is 282 g/mol. The minimum Gasteiger partial charge on any atom is -0.467 e. The number of amides is 1. The molecule has 0 aromatic carbocycles. The standard InChI is InChI=1S/C14H22N2O2S/c1-16(12-6-3-7-13(12)19-2)10-14(17)15-9-11-5-4-8-18-11/h4-5,8,12-13H,3,6-7,9-10H2,1-2H3,(H,15,17)/t12-,13+/m0/s1. The number of nitrogens with zero attached hydrogens (tertiary/aromatic N) is 1. The van der Waals surface area contributed by atoms with E-state index in [1.54, 1.807) is 6.26 Å². The fourth-order valence-corrected chi connectivity index (χ4v) is 3.74. The number of thioether (sulfide) groups is 1. The van der Waals surface area contributed by atoms with E-state index in [2.05, 4.69) is 16.5 Å². The van der Waals surface area contributed by atoms with E-state index in [9.17, 15) is 4.79 Å². The number of likely N-dealkylation sites (N-methyl/N-ethyl adjacent to an activating group) is 1. The van der Waals surface area contributed by atoms with Crippen LogP contribution < -0.4 is 5.32 Å². The number of hydrogen-bond acceptors (Lipinski definition) is 4. The zero-order valence-corrected chi connectivity index (χ0v) is 12.4. The molecule has 1 fully saturated rings. The summed E-state index contributed by atoms with van der Waals surface area (Å²) in [4.78, 5) is 14.1. The fourth-order valence-electron chi connectivity index (χ4n) is 2.68. The van der Waals surface area contributed by atoms with Gasteiger partial charge in [0.05, 0.1) is 19.4 Å². The van der Waals surface area contributed by atoms with Crippen molar-refractivity contribution in [1.29, 1.82) is 0 Å². The second-order valence-electron chi connectivity index (χ2n) is 5.04. The summed E-state index contributed by atoms with van der Waals surface area (Å²) in [6, 6.07) is 4.23. The number of nitrogens with one attached hydrogen (secondary N) is 1. The van der Waals surface area contributed by atoms with E-state index in [0.717, 1.165) is 5.76 Å². The van der Waals surface area contributed by atoms with Crippen molar-refractivity contribution in [3.63, 3.8) is 0 Å². The fraction of sp³-hybridized carbons (Fsp3) is 0.643. The molecule has 0 bridgehead atoms. The summed E-state index contributed by atoms with van der Waals surface area (Å²) in [6.45, 7) is 0.929. The highest BCUT2D eigenvalue weighted by Gasteiger charge is 2.30. The van der Waals surface area contributed by atoms with Crippen molar-refractivity contribution in [2.75, 3.05) is 19.8 Å². The van der Waals surface area contributed by atoms with Gasteiger partial charge < -0.3 is 9.73 Å². The van der Waals surface area contributed by atoms with Crippen LogP contribution in [-0.4, -0.2) is 41.9 Å². The summed E-state index contributed by atoms with van der Waals surface area (Å²) in [6.07, 6.45) is 7.52. The molecule has 19 heavy (non-hydrogen) atoms. The normalized spacial score (nSPS) is 22.9. The minimum atomic E-state index is 0.0608. The Morgan fingerprint density at radius 1 is 1.58 bits per heavy atom. The highest BCUT2D eigenvalue weighted by molar-refractivity contribution is 7.99. The predicted octanol–water partition coefficient (Wildman–Crippen LogP) is 2.11. The molecule has 0 unspecified atom stereocenters. The maximum atomic E-state index is 11.9. The lowest BCUT2D eigenvalue weighted by atomic mass is 10.2. The van der Waals surface area contributed by atoms with E-state index < -0.39 is 0 Å². The Labute approximate surface area is 118 Å². The third kappa shape index (κ3) is 4.01. The maximum Gasteiger partial charge on any atom is 0.234 e. The first-order valence-corrected chi connectivity index (χ1v) is 8.01. The number of furan rings is 1. The van der Waals surface area contributed by atoms with E-state index >= 15 is 0 Å². The average Bonchev–Trinajstić information content (AvgIpc) is 3.07. The Morgan fingerprint density at radius 2 is 2.42 bits per heavy atom. The van der Waals surface area contributed by atoms with Crippen LogP contribution in [0.2, 0.25) is 0 Å². The van der Waals surface area contributed by atoms with Crippen LogP contribution in [0.25, 0.3) is 0 Å². The molecule has 0 spiro atoms. The van der Waals surface area contributed by atoms with Crippen LogP contribution in [-0.2, 0) is 11.3 Å². The molecule has 106 valence electrons. The molecule has 4 nitrogen and oxygen atoms in total. The van der Waals surface area contributed by atoms with Gasteiger partial charge in [0.15, 0.2) is 0 Å². The summed E-state index contributed by atoms with van der Waals surface area (Å²) in [7, 11) is 2.05. The van der Waals surface area contributed by atoms with Crippen LogP contribution >= 0.6 is 11.8 Å². The van der Waals surface area contributed by atoms with Crippen LogP contribution in [0.4, 0.5) is 0 Å². The first-order valence-electron chi connectivity index (χ1n) is 6.73. The van der Waals surface area contributed by atoms with E-state index in [-0.39, 0.29) is 5.91 Å². The minimum absolute atomic E-state index is 0.0608. The molecule has 1 heterocycles. The molecule has 0 radical (unpaired) electrons. The lowest BCUT2D eigenvalue weighted by Crippen LogP contribution is -2.42. The second-order valence-corrected chi connectivity index (χ2v) is 6.12. The van der Waals surface area contributed by atoms with E-state index in [1.807, 2.05) is 30.9 Å². The van der Waals surface area contributed by atoms with Gasteiger partial charge in [-0.15, -0.1) is 0 Å². The van der Waals surface area contributed by atoms with E-state index in [1.165, 1.54) is 19.3 Å². The lowest BCUT2D eigenvalue weighted by Gasteiger charge is -2.28. The van der Waals surface area contributed by atoms with Gasteiger partial charge in [-0.1, -0.05) is 6.42 Å². The molecule has 1 aromatic rings. The molecule has 1 amide bonds. The Kier molecular flexibility index (Phi) is 5.34. The van der Waals surface area contributed by atoms with E-state index in [0.29, 0.717) is 24.4 Å². The van der Waals surface area contributed by atoms with Gasteiger partial charge in [0.25, 0.3) is 0 Å². The van der Waals surface area contributed by atoms with Crippen LogP contribution in [0.1, 0.15) is 25.0 Å². The SMILES string of the molecule is CS[C@@H]1CCC[C@@H]1N(C)CC(=O)NCc1ccco1. The monoisotopic (exact) mass is 282 g/mol. The smallest absolute Gasteiger partial charge is 0.234 e. The molecule has 0 saturated heterocycles. The van der Waals surface area contributed by atoms with Crippen LogP contribution in [0.5, 0.6) is 0 Å². The van der Waals surface area contributed by atoms with Crippen LogP contribution in [0.3, 0.4) is 0 Å². The summed E-state index contributed by atoms with van der Waals surface area (Å²) in [5, 5.41) is 3.56. The molecule has 0 aliphatic heterocycles. The predicted molar refractivity (Wildman–Crippen MR) is 78.1 cm³/mol. The summed E-state index contributed by atoms with van der Waals surface area (Å²) >= 11 is 1.92. The van der Waals surface area contributed by atoms with Gasteiger partial charge in [-0.3, -0.25) is 9.69 Å². The Morgan fingerprint density at radius 3 is 3.11 bits per heavy atom. The van der Waals surface area contributed by atoms with Crippen molar-refractivity contribution in [2.24, 2.45) is 0 Å². The quantitative estimate of drug-likeness (QED) is 0.868. The third-order valence-electron chi connectivity index (χ3n) is 3.72. The van der Waals surface area contributed by atoms with Crippen molar-refractivity contribution >= 4 is 17.7 Å². The highest BCUT2D eigenvalue weighted by atomic mass is 32.2. The first kappa shape index (κ1) is 14.5. The van der Waals surface area contributed by atoms with E-state index in [4.69, 9.17) is 4.42 Å². The molecule has 5 heteroatoms. The maximum absolute atomic E-state index is 11.9. The zero-order valence-electron chi connectivity index (χ0n) is 11.6. The Balaban J connectivity index is 1.75. The van der Waals surface area contributed by atoms with Gasteiger partial charge in [-0.2, -0.15) is 11.8 Å². The summed E-state index contributed by atoms with van der Waals surface area (Å²) < 4.78 is 5.19.